The third-order valence-electron chi connectivity index (χ3n) is 5.60. The number of aliphatic hydroxyl groups excluding tert-OH is 1. The summed E-state index contributed by atoms with van der Waals surface area (Å²) in [7, 11) is 0. The third kappa shape index (κ3) is 2.63. The van der Waals surface area contributed by atoms with Gasteiger partial charge in [-0.05, 0) is 6.92 Å². The van der Waals surface area contributed by atoms with Crippen LogP contribution >= 0.6 is 11.3 Å². The predicted octanol–water partition coefficient (Wildman–Crippen LogP) is -1.22. The number of fused-ring (bicyclic) bond motifs is 2. The van der Waals surface area contributed by atoms with Gasteiger partial charge in [-0.3, -0.25) is 9.59 Å². The molecule has 4 rings (SSSR count). The lowest BCUT2D eigenvalue weighted by molar-refractivity contribution is -0.688. The van der Waals surface area contributed by atoms with Gasteiger partial charge in [0.25, 0.3) is 0 Å². The van der Waals surface area contributed by atoms with E-state index < -0.39 is 29.9 Å². The topological polar surface area (TPSA) is 126 Å². The van der Waals surface area contributed by atoms with Crippen molar-refractivity contribution < 1.29 is 34.3 Å². The molecule has 1 fully saturated rings. The number of carboxylic acids is 2. The summed E-state index contributed by atoms with van der Waals surface area (Å²) in [5.41, 5.74) is 1.07. The number of carboxylic acid groups (broad SMARTS) is 2. The maximum atomic E-state index is 12.4. The first-order valence-electron chi connectivity index (χ1n) is 8.85. The van der Waals surface area contributed by atoms with E-state index in [0.29, 0.717) is 11.3 Å². The number of amides is 1. The zero-order valence-corrected chi connectivity index (χ0v) is 16.0. The van der Waals surface area contributed by atoms with Gasteiger partial charge in [-0.2, -0.15) is 4.40 Å². The molecule has 0 aromatic carbocycles. The number of aliphatic carboxylic acids is 2. The summed E-state index contributed by atoms with van der Waals surface area (Å²) in [4.78, 5) is 37.2. The van der Waals surface area contributed by atoms with Crippen LogP contribution in [0.25, 0.3) is 4.83 Å². The average molecular weight is 405 g/mol. The number of thiazole rings is 1. The smallest absolute Gasteiger partial charge is 0.311 e. The normalized spacial score (nSPS) is 25.2. The number of nitrogens with zero attached hydrogens (tertiary/aromatic N) is 3. The average Bonchev–Trinajstić information content (AvgIpc) is 3.21. The lowest BCUT2D eigenvalue weighted by Gasteiger charge is -2.47. The Labute approximate surface area is 163 Å². The van der Waals surface area contributed by atoms with E-state index in [-0.39, 0.29) is 30.6 Å². The van der Waals surface area contributed by atoms with E-state index in [0.717, 1.165) is 4.83 Å². The van der Waals surface area contributed by atoms with Crippen molar-refractivity contribution in [1.29, 1.82) is 0 Å². The Kier molecular flexibility index (Phi) is 4.27. The number of aliphatic hydroxyl groups is 1. The van der Waals surface area contributed by atoms with Gasteiger partial charge in [-0.25, -0.2) is 4.57 Å². The second-order valence-corrected chi connectivity index (χ2v) is 8.23. The predicted molar refractivity (Wildman–Crippen MR) is 93.8 cm³/mol. The number of rotatable bonds is 6. The van der Waals surface area contributed by atoms with Crippen molar-refractivity contribution in [2.45, 2.75) is 39.0 Å². The summed E-state index contributed by atoms with van der Waals surface area (Å²) >= 11 is 1.40. The Morgan fingerprint density at radius 2 is 2.14 bits per heavy atom. The number of hydrogen-bond acceptors (Lipinski definition) is 6. The summed E-state index contributed by atoms with van der Waals surface area (Å²) in [6.45, 7) is 3.61. The minimum Gasteiger partial charge on any atom is -0.543 e. The van der Waals surface area contributed by atoms with E-state index >= 15 is 0 Å². The number of carbonyl (C=O) groups excluding carboxylic acids is 2. The molecule has 0 radical (unpaired) electrons. The quantitative estimate of drug-likeness (QED) is 0.458. The van der Waals surface area contributed by atoms with Crippen LogP contribution in [-0.4, -0.2) is 49.5 Å². The second-order valence-electron chi connectivity index (χ2n) is 7.34. The summed E-state index contributed by atoms with van der Waals surface area (Å²) in [6.07, 6.45) is 2.56. The highest BCUT2D eigenvalue weighted by Gasteiger charge is 2.58. The zero-order chi connectivity index (χ0) is 20.3. The molecule has 2 aliphatic heterocycles. The van der Waals surface area contributed by atoms with Gasteiger partial charge in [0, 0.05) is 16.9 Å². The molecular formula is C18H19N3O6S. The lowest BCUT2D eigenvalue weighted by Crippen LogP contribution is -2.64. The summed E-state index contributed by atoms with van der Waals surface area (Å²) in [6, 6.07) is -0.387. The summed E-state index contributed by atoms with van der Waals surface area (Å²) < 4.78 is 3.54. The molecule has 4 atom stereocenters. The second kappa shape index (κ2) is 6.42. The molecule has 0 unspecified atom stereocenters. The van der Waals surface area contributed by atoms with Crippen molar-refractivity contribution >= 4 is 34.0 Å². The Bertz CT molecular complexity index is 1040. The van der Waals surface area contributed by atoms with Gasteiger partial charge in [0.1, 0.15) is 24.9 Å². The standard InChI is InChI=1S/C18H19N3O6S/c1-8-11(16(18(26)27)21-15(8)14(9(2)22)17(21)25)4-19-5-12-20(7-19)10(6-28-12)3-13(23)24/h5-9,14-15,22H,3-4H2,1-2H3,(H-,23,24,26,27)/t8-,9+,14+,15+/m0/s1. The molecule has 28 heavy (non-hydrogen) atoms. The van der Waals surface area contributed by atoms with Crippen LogP contribution in [0.2, 0.25) is 0 Å². The van der Waals surface area contributed by atoms with Gasteiger partial charge in [0.05, 0.1) is 29.7 Å². The van der Waals surface area contributed by atoms with E-state index in [1.54, 1.807) is 20.7 Å². The molecule has 2 aromatic rings. The summed E-state index contributed by atoms with van der Waals surface area (Å²) in [5, 5.41) is 32.4. The number of carbonyl (C=O) groups is 3. The first-order valence-corrected chi connectivity index (χ1v) is 9.73. The largest absolute Gasteiger partial charge is 0.543 e. The number of hydrogen-bond donors (Lipinski definition) is 2. The van der Waals surface area contributed by atoms with Gasteiger partial charge in [-0.1, -0.05) is 18.3 Å². The van der Waals surface area contributed by atoms with Gasteiger partial charge in [-0.15, -0.1) is 0 Å². The monoisotopic (exact) mass is 405 g/mol. The molecule has 2 N–H and O–H groups in total. The molecule has 1 saturated heterocycles. The zero-order valence-electron chi connectivity index (χ0n) is 15.2. The molecule has 148 valence electrons. The Morgan fingerprint density at radius 1 is 1.43 bits per heavy atom. The van der Waals surface area contributed by atoms with Gasteiger partial charge < -0.3 is 25.0 Å². The SMILES string of the molecule is C[C@@H](O)[C@H]1C(=O)N2C(C(=O)[O-])=C(C[n+]3cc4scc(CC(=O)O)n4c3)[C@H](C)[C@H]12. The van der Waals surface area contributed by atoms with Gasteiger partial charge >= 0.3 is 5.97 Å². The molecule has 1 amide bonds. The van der Waals surface area contributed by atoms with Crippen LogP contribution in [0.4, 0.5) is 0 Å². The van der Waals surface area contributed by atoms with Crippen molar-refractivity contribution in [3.8, 4) is 0 Å². The van der Waals surface area contributed by atoms with Gasteiger partial charge in [0.15, 0.2) is 0 Å². The highest BCUT2D eigenvalue weighted by molar-refractivity contribution is 7.15. The van der Waals surface area contributed by atoms with E-state index in [9.17, 15) is 24.6 Å². The van der Waals surface area contributed by atoms with Crippen LogP contribution in [-0.2, 0) is 27.3 Å². The van der Waals surface area contributed by atoms with Crippen LogP contribution < -0.4 is 9.67 Å². The van der Waals surface area contributed by atoms with E-state index in [1.807, 2.05) is 13.1 Å². The first kappa shape index (κ1) is 18.6. The molecule has 0 saturated carbocycles. The fourth-order valence-electron chi connectivity index (χ4n) is 4.34. The number of β-lactam (4-membered cyclic amide) rings is 1. The van der Waals surface area contributed by atoms with Gasteiger partial charge in [0.2, 0.25) is 17.1 Å². The van der Waals surface area contributed by atoms with Crippen molar-refractivity contribution in [1.82, 2.24) is 9.30 Å². The van der Waals surface area contributed by atoms with Crippen LogP contribution in [0, 0.1) is 11.8 Å². The first-order chi connectivity index (χ1) is 13.2. The fraction of sp³-hybridized carbons (Fsp3) is 0.444. The number of aromatic nitrogens is 2. The molecule has 0 aliphatic carbocycles. The maximum absolute atomic E-state index is 12.4. The Morgan fingerprint density at radius 3 is 2.75 bits per heavy atom. The summed E-state index contributed by atoms with van der Waals surface area (Å²) in [5.74, 6) is -3.60. The molecular weight excluding hydrogens is 386 g/mol. The molecule has 4 heterocycles. The molecule has 0 spiro atoms. The van der Waals surface area contributed by atoms with Crippen molar-refractivity contribution in [3.63, 3.8) is 0 Å². The Balaban J connectivity index is 1.68. The van der Waals surface area contributed by atoms with Crippen molar-refractivity contribution in [2.24, 2.45) is 11.8 Å². The van der Waals surface area contributed by atoms with Crippen LogP contribution in [0.1, 0.15) is 19.5 Å². The molecule has 10 heteroatoms. The van der Waals surface area contributed by atoms with E-state index in [2.05, 4.69) is 0 Å². The minimum atomic E-state index is -1.41. The number of imidazole rings is 1. The van der Waals surface area contributed by atoms with Crippen molar-refractivity contribution in [2.75, 3.05) is 0 Å². The van der Waals surface area contributed by atoms with Crippen molar-refractivity contribution in [3.05, 3.63) is 34.9 Å². The Hall–Kier alpha value is -2.72. The minimum absolute atomic E-state index is 0.113. The molecule has 0 bridgehead atoms. The highest BCUT2D eigenvalue weighted by atomic mass is 32.1. The van der Waals surface area contributed by atoms with E-state index in [4.69, 9.17) is 5.11 Å². The highest BCUT2D eigenvalue weighted by Crippen LogP contribution is 2.46. The lowest BCUT2D eigenvalue weighted by atomic mass is 9.78. The fourth-order valence-corrected chi connectivity index (χ4v) is 5.27. The van der Waals surface area contributed by atoms with E-state index in [1.165, 1.54) is 23.2 Å². The molecule has 2 aliphatic rings. The van der Waals surface area contributed by atoms with Crippen LogP contribution in [0.15, 0.2) is 29.2 Å². The third-order valence-corrected chi connectivity index (χ3v) is 6.53. The van der Waals surface area contributed by atoms with Crippen LogP contribution in [0.3, 0.4) is 0 Å². The maximum Gasteiger partial charge on any atom is 0.311 e. The molecule has 9 nitrogen and oxygen atoms in total. The van der Waals surface area contributed by atoms with Crippen LogP contribution in [0.5, 0.6) is 0 Å². The molecule has 2 aromatic heterocycles.